The Kier molecular flexibility index (Phi) is 19.5. The average Bonchev–Trinajstić information content (AvgIpc) is 3.46. The summed E-state index contributed by atoms with van der Waals surface area (Å²) in [4.78, 5) is 4.57. The molecule has 0 saturated carbocycles. The standard InChI is InChI=1S/2C33H27Br2NO2/c2*34-30-20-28(37-23-26-12-6-2-7-13-26)16-18-32(30)36(22-25-10-4-1-5-11-25)33-19-17-29(21-31(33)35)38-24-27-14-8-3-9-15-27/h2*1-21H,22-24H2. The van der Waals surface area contributed by atoms with Gasteiger partial charge < -0.3 is 28.7 Å². The molecule has 380 valence electrons. The maximum Gasteiger partial charge on any atom is 0.121 e. The van der Waals surface area contributed by atoms with Crippen molar-refractivity contribution in [3.63, 3.8) is 0 Å². The third-order valence-electron chi connectivity index (χ3n) is 12.2. The average molecular weight is 1260 g/mol. The predicted octanol–water partition coefficient (Wildman–Crippen LogP) is 19.4. The van der Waals surface area contributed by atoms with Gasteiger partial charge in [0.25, 0.3) is 0 Å². The predicted molar refractivity (Wildman–Crippen MR) is 324 cm³/mol. The molecule has 0 bridgehead atoms. The second-order valence-corrected chi connectivity index (χ2v) is 21.1. The molecular formula is C66H54Br4N2O4. The van der Waals surface area contributed by atoms with E-state index < -0.39 is 0 Å². The van der Waals surface area contributed by atoms with E-state index in [0.717, 1.165) is 85.9 Å². The second-order valence-electron chi connectivity index (χ2n) is 17.7. The minimum absolute atomic E-state index is 0.524. The van der Waals surface area contributed by atoms with Gasteiger partial charge in [0.15, 0.2) is 0 Å². The van der Waals surface area contributed by atoms with Gasteiger partial charge in [0, 0.05) is 31.0 Å². The van der Waals surface area contributed by atoms with Crippen LogP contribution in [0.1, 0.15) is 33.4 Å². The van der Waals surface area contributed by atoms with Crippen LogP contribution in [0.15, 0.2) is 273 Å². The largest absolute Gasteiger partial charge is 0.489 e. The summed E-state index contributed by atoms with van der Waals surface area (Å²) in [6.07, 6.45) is 0. The molecule has 0 amide bonds. The van der Waals surface area contributed by atoms with Gasteiger partial charge in [-0.05, 0) is 170 Å². The summed E-state index contributed by atoms with van der Waals surface area (Å²) in [6, 6.07) is 86.3. The zero-order valence-electron chi connectivity index (χ0n) is 41.5. The normalized spacial score (nSPS) is 10.7. The van der Waals surface area contributed by atoms with Gasteiger partial charge in [-0.2, -0.15) is 0 Å². The lowest BCUT2D eigenvalue weighted by molar-refractivity contribution is 0.306. The van der Waals surface area contributed by atoms with Crippen molar-refractivity contribution in [3.05, 3.63) is 306 Å². The Hall–Kier alpha value is -7.08. The number of rotatable bonds is 20. The number of hydrogen-bond acceptors (Lipinski definition) is 6. The first-order chi connectivity index (χ1) is 37.3. The van der Waals surface area contributed by atoms with Gasteiger partial charge in [-0.15, -0.1) is 0 Å². The Morgan fingerprint density at radius 1 is 0.237 bits per heavy atom. The molecule has 0 aliphatic carbocycles. The van der Waals surface area contributed by atoms with Crippen LogP contribution < -0.4 is 28.7 Å². The van der Waals surface area contributed by atoms with Gasteiger partial charge in [-0.3, -0.25) is 0 Å². The summed E-state index contributed by atoms with van der Waals surface area (Å²) in [7, 11) is 0. The molecule has 0 atom stereocenters. The molecule has 10 aromatic rings. The van der Waals surface area contributed by atoms with E-state index in [1.807, 2.05) is 133 Å². The van der Waals surface area contributed by atoms with Crippen molar-refractivity contribution in [1.29, 1.82) is 0 Å². The van der Waals surface area contributed by atoms with E-state index in [-0.39, 0.29) is 0 Å². The van der Waals surface area contributed by atoms with Gasteiger partial charge in [0.2, 0.25) is 0 Å². The van der Waals surface area contributed by atoms with Crippen LogP contribution in [-0.4, -0.2) is 0 Å². The number of halogens is 4. The fourth-order valence-electron chi connectivity index (χ4n) is 8.28. The van der Waals surface area contributed by atoms with Crippen molar-refractivity contribution < 1.29 is 18.9 Å². The molecule has 0 aromatic heterocycles. The minimum Gasteiger partial charge on any atom is -0.489 e. The van der Waals surface area contributed by atoms with Crippen LogP contribution in [0.3, 0.4) is 0 Å². The number of ether oxygens (including phenoxy) is 4. The fraction of sp³-hybridized carbons (Fsp3) is 0.0909. The highest BCUT2D eigenvalue weighted by Crippen LogP contribution is 2.42. The zero-order chi connectivity index (χ0) is 52.3. The van der Waals surface area contributed by atoms with E-state index in [1.165, 1.54) is 11.1 Å². The third kappa shape index (κ3) is 15.5. The van der Waals surface area contributed by atoms with Crippen molar-refractivity contribution in [2.75, 3.05) is 9.80 Å². The molecule has 0 unspecified atom stereocenters. The van der Waals surface area contributed by atoms with Crippen LogP contribution in [0.4, 0.5) is 22.7 Å². The Bertz CT molecular complexity index is 2960. The van der Waals surface area contributed by atoms with Crippen LogP contribution in [-0.2, 0) is 39.5 Å². The first kappa shape index (κ1) is 53.7. The van der Waals surface area contributed by atoms with Crippen LogP contribution >= 0.6 is 63.7 Å². The topological polar surface area (TPSA) is 43.4 Å². The minimum atomic E-state index is 0.524. The van der Waals surface area contributed by atoms with E-state index in [9.17, 15) is 0 Å². The van der Waals surface area contributed by atoms with Gasteiger partial charge >= 0.3 is 0 Å². The molecule has 10 heteroatoms. The molecule has 6 nitrogen and oxygen atoms in total. The number of hydrogen-bond donors (Lipinski definition) is 0. The first-order valence-corrected chi connectivity index (χ1v) is 28.0. The molecule has 76 heavy (non-hydrogen) atoms. The summed E-state index contributed by atoms with van der Waals surface area (Å²) >= 11 is 15.3. The van der Waals surface area contributed by atoms with Crippen molar-refractivity contribution >= 4 is 86.5 Å². The Balaban J connectivity index is 0.000000186. The van der Waals surface area contributed by atoms with E-state index in [1.54, 1.807) is 0 Å². The van der Waals surface area contributed by atoms with Crippen LogP contribution in [0.2, 0.25) is 0 Å². The third-order valence-corrected chi connectivity index (χ3v) is 14.7. The monoisotopic (exact) mass is 1250 g/mol. The summed E-state index contributed by atoms with van der Waals surface area (Å²) in [6.45, 7) is 3.50. The van der Waals surface area contributed by atoms with Crippen LogP contribution in [0.5, 0.6) is 23.0 Å². The maximum absolute atomic E-state index is 6.06. The molecule has 0 N–H and O–H groups in total. The van der Waals surface area contributed by atoms with Crippen molar-refractivity contribution in [3.8, 4) is 23.0 Å². The first-order valence-electron chi connectivity index (χ1n) is 24.8. The summed E-state index contributed by atoms with van der Waals surface area (Å²) in [5.41, 5.74) is 11.1. The second kappa shape index (κ2) is 27.6. The van der Waals surface area contributed by atoms with Gasteiger partial charge in [0.05, 0.1) is 22.7 Å². The maximum atomic E-state index is 6.06. The number of benzene rings is 10. The van der Waals surface area contributed by atoms with Crippen molar-refractivity contribution in [2.24, 2.45) is 0 Å². The number of anilines is 4. The molecule has 0 aliphatic rings. The molecular weight excluding hydrogens is 1200 g/mol. The van der Waals surface area contributed by atoms with E-state index in [0.29, 0.717) is 39.5 Å². The Labute approximate surface area is 480 Å². The Morgan fingerprint density at radius 2 is 0.434 bits per heavy atom. The highest BCUT2D eigenvalue weighted by molar-refractivity contribution is 9.11. The molecule has 10 aromatic carbocycles. The van der Waals surface area contributed by atoms with Crippen molar-refractivity contribution in [2.45, 2.75) is 39.5 Å². The molecule has 0 saturated heterocycles. The summed E-state index contributed by atoms with van der Waals surface area (Å²) in [5.74, 6) is 3.25. The lowest BCUT2D eigenvalue weighted by Crippen LogP contribution is -2.17. The molecule has 10 rings (SSSR count). The molecule has 0 fully saturated rings. The lowest BCUT2D eigenvalue weighted by Gasteiger charge is -2.28. The summed E-state index contributed by atoms with van der Waals surface area (Å²) in [5, 5.41) is 0. The Morgan fingerprint density at radius 3 is 0.632 bits per heavy atom. The molecule has 0 spiro atoms. The van der Waals surface area contributed by atoms with Gasteiger partial charge in [0.1, 0.15) is 49.4 Å². The van der Waals surface area contributed by atoms with Gasteiger partial charge in [-0.1, -0.05) is 182 Å². The van der Waals surface area contributed by atoms with Gasteiger partial charge in [-0.25, -0.2) is 0 Å². The highest BCUT2D eigenvalue weighted by Gasteiger charge is 2.20. The van der Waals surface area contributed by atoms with E-state index in [2.05, 4.69) is 195 Å². The quantitative estimate of drug-likeness (QED) is 0.0758. The fourth-order valence-corrected chi connectivity index (χ4v) is 10.6. The zero-order valence-corrected chi connectivity index (χ0v) is 47.9. The van der Waals surface area contributed by atoms with E-state index in [4.69, 9.17) is 18.9 Å². The molecule has 0 aliphatic heterocycles. The molecule has 0 heterocycles. The summed E-state index contributed by atoms with van der Waals surface area (Å²) < 4.78 is 28.1. The SMILES string of the molecule is Brc1cc(OCc2ccccc2)ccc1N(Cc1ccccc1)c1ccc(OCc2ccccc2)cc1Br.Brc1cc(OCc2ccccc2)ccc1N(Cc1ccccc1)c1ccc(OCc2ccccc2)cc1Br. The van der Waals surface area contributed by atoms with E-state index >= 15 is 0 Å². The van der Waals surface area contributed by atoms with Crippen LogP contribution in [0, 0.1) is 0 Å². The number of nitrogens with zero attached hydrogens (tertiary/aromatic N) is 2. The lowest BCUT2D eigenvalue weighted by atomic mass is 10.1. The molecule has 0 radical (unpaired) electrons. The highest BCUT2D eigenvalue weighted by atomic mass is 79.9. The van der Waals surface area contributed by atoms with Crippen molar-refractivity contribution in [1.82, 2.24) is 0 Å². The smallest absolute Gasteiger partial charge is 0.121 e. The van der Waals surface area contributed by atoms with Crippen LogP contribution in [0.25, 0.3) is 0 Å².